The van der Waals surface area contributed by atoms with Crippen LogP contribution in [0.2, 0.25) is 0 Å². The molecule has 168 valence electrons. The van der Waals surface area contributed by atoms with Crippen LogP contribution in [0, 0.1) is 11.8 Å². The first-order valence-electron chi connectivity index (χ1n) is 9.66. The quantitative estimate of drug-likeness (QED) is 0.325. The first-order chi connectivity index (χ1) is 12.4. The van der Waals surface area contributed by atoms with Gasteiger partial charge in [-0.15, -0.1) is 0 Å². The van der Waals surface area contributed by atoms with Crippen molar-refractivity contribution in [1.82, 2.24) is 5.32 Å². The number of amides is 1. The molecule has 0 rings (SSSR count). The first-order valence-corrected chi connectivity index (χ1v) is 11.2. The van der Waals surface area contributed by atoms with E-state index in [4.69, 9.17) is 4.74 Å². The van der Waals surface area contributed by atoms with E-state index in [1.165, 1.54) is 13.8 Å². The fourth-order valence-electron chi connectivity index (χ4n) is 1.85. The van der Waals surface area contributed by atoms with Gasteiger partial charge in [-0.05, 0) is 26.7 Å². The minimum Gasteiger partial charge on any atom is -0.748 e. The minimum absolute atomic E-state index is 0.0347. The van der Waals surface area contributed by atoms with Crippen molar-refractivity contribution in [3.63, 3.8) is 0 Å². The van der Waals surface area contributed by atoms with E-state index < -0.39 is 21.4 Å². The predicted molar refractivity (Wildman–Crippen MR) is 110 cm³/mol. The minimum atomic E-state index is -4.32. The van der Waals surface area contributed by atoms with Crippen molar-refractivity contribution in [3.05, 3.63) is 0 Å². The number of nitrogens with one attached hydrogen (secondary N) is 1. The maximum atomic E-state index is 11.5. The molecular formula is C19H40N2O6S. The summed E-state index contributed by atoms with van der Waals surface area (Å²) in [7, 11) is 1.92. The fraction of sp³-hybridized carbons (Fsp3) is 0.895. The lowest BCUT2D eigenvalue weighted by atomic mass is 10.0. The zero-order valence-electron chi connectivity index (χ0n) is 19.0. The van der Waals surface area contributed by atoms with E-state index in [0.29, 0.717) is 13.0 Å². The van der Waals surface area contributed by atoms with Crippen LogP contribution in [0.3, 0.4) is 0 Å². The maximum Gasteiger partial charge on any atom is 0.308 e. The Morgan fingerprint density at radius 1 is 1.07 bits per heavy atom. The molecule has 2 unspecified atom stereocenters. The van der Waals surface area contributed by atoms with Crippen molar-refractivity contribution in [2.75, 3.05) is 40.0 Å². The van der Waals surface area contributed by atoms with Crippen LogP contribution in [-0.2, 0) is 24.4 Å². The summed E-state index contributed by atoms with van der Waals surface area (Å²) < 4.78 is 37.6. The summed E-state index contributed by atoms with van der Waals surface area (Å²) in [5.41, 5.74) is -1.01. The van der Waals surface area contributed by atoms with Gasteiger partial charge in [0.15, 0.2) is 0 Å². The highest BCUT2D eigenvalue weighted by Crippen LogP contribution is 2.09. The molecule has 0 radical (unpaired) electrons. The summed E-state index contributed by atoms with van der Waals surface area (Å²) in [5, 5.41) is 2.55. The van der Waals surface area contributed by atoms with E-state index >= 15 is 0 Å². The number of hydrogen-bond donors (Lipinski definition) is 1. The Balaban J connectivity index is 0. The van der Waals surface area contributed by atoms with Gasteiger partial charge in [0.1, 0.15) is 13.2 Å². The largest absolute Gasteiger partial charge is 0.748 e. The molecule has 0 bridgehead atoms. The molecule has 0 aromatic rings. The van der Waals surface area contributed by atoms with Crippen molar-refractivity contribution in [2.45, 2.75) is 59.9 Å². The molecule has 0 aromatic heterocycles. The standard InChI is InChI=1S/C10H22NO2.C9H19NO4S/c1-6-9(2)10(12)13-8-7-11(3,4)5;1-5-7(2)8(11)10-9(3,4)6-15(12,13)14/h9H,6-8H2,1-5H3;7H,5-6H2,1-4H3,(H,10,11)(H,12,13,14)/q+1;/p-1. The molecule has 28 heavy (non-hydrogen) atoms. The van der Waals surface area contributed by atoms with E-state index in [2.05, 4.69) is 26.5 Å². The number of carbonyl (C=O) groups is 2. The number of ether oxygens (including phenoxy) is 1. The molecule has 0 aliphatic heterocycles. The Hall–Kier alpha value is -1.19. The van der Waals surface area contributed by atoms with E-state index in [9.17, 15) is 22.6 Å². The van der Waals surface area contributed by atoms with Crippen molar-refractivity contribution < 1.29 is 31.8 Å². The van der Waals surface area contributed by atoms with Crippen LogP contribution in [0.25, 0.3) is 0 Å². The normalized spacial score (nSPS) is 14.4. The van der Waals surface area contributed by atoms with Gasteiger partial charge in [0, 0.05) is 11.5 Å². The van der Waals surface area contributed by atoms with E-state index in [-0.39, 0.29) is 23.7 Å². The van der Waals surface area contributed by atoms with E-state index in [0.717, 1.165) is 17.4 Å². The fourth-order valence-corrected chi connectivity index (χ4v) is 2.81. The molecule has 0 aliphatic carbocycles. The Kier molecular flexibility index (Phi) is 12.8. The van der Waals surface area contributed by atoms with Gasteiger partial charge in [-0.1, -0.05) is 27.7 Å². The second kappa shape index (κ2) is 12.4. The third kappa shape index (κ3) is 16.9. The summed E-state index contributed by atoms with van der Waals surface area (Å²) in [5.74, 6) is -1.05. The molecule has 0 aromatic carbocycles. The van der Waals surface area contributed by atoms with Crippen LogP contribution < -0.4 is 5.32 Å². The number of carbonyl (C=O) groups excluding carboxylic acids is 2. The number of quaternary nitrogens is 1. The SMILES string of the molecule is CCC(C)C(=O)NC(C)(C)CS(=O)(=O)[O-].CCC(C)C(=O)OCC[N+](C)(C)C. The van der Waals surface area contributed by atoms with Crippen LogP contribution in [0.4, 0.5) is 0 Å². The lowest BCUT2D eigenvalue weighted by Gasteiger charge is -2.28. The van der Waals surface area contributed by atoms with Crippen molar-refractivity contribution in [2.24, 2.45) is 11.8 Å². The number of likely N-dealkylation sites (N-methyl/N-ethyl adjacent to an activating group) is 1. The van der Waals surface area contributed by atoms with Crippen LogP contribution >= 0.6 is 0 Å². The van der Waals surface area contributed by atoms with E-state index in [1.54, 1.807) is 6.92 Å². The zero-order chi connectivity index (χ0) is 22.8. The molecule has 0 fully saturated rings. The van der Waals surface area contributed by atoms with Crippen LogP contribution in [0.1, 0.15) is 54.4 Å². The molecule has 1 amide bonds. The highest BCUT2D eigenvalue weighted by molar-refractivity contribution is 7.85. The number of nitrogens with zero attached hydrogens (tertiary/aromatic N) is 1. The number of rotatable bonds is 10. The summed E-state index contributed by atoms with van der Waals surface area (Å²) in [6, 6.07) is 0. The third-order valence-electron chi connectivity index (χ3n) is 4.08. The Morgan fingerprint density at radius 2 is 1.54 bits per heavy atom. The molecule has 0 aliphatic rings. The topological polar surface area (TPSA) is 113 Å². The molecule has 0 spiro atoms. The summed E-state index contributed by atoms with van der Waals surface area (Å²) in [6.45, 7) is 11.9. The van der Waals surface area contributed by atoms with Gasteiger partial charge < -0.3 is 19.1 Å². The van der Waals surface area contributed by atoms with Gasteiger partial charge >= 0.3 is 5.97 Å². The smallest absolute Gasteiger partial charge is 0.308 e. The van der Waals surface area contributed by atoms with Gasteiger partial charge in [0.2, 0.25) is 5.91 Å². The predicted octanol–water partition coefficient (Wildman–Crippen LogP) is 1.75. The average Bonchev–Trinajstić information content (AvgIpc) is 2.49. The van der Waals surface area contributed by atoms with Crippen molar-refractivity contribution in [3.8, 4) is 0 Å². The molecule has 0 heterocycles. The van der Waals surface area contributed by atoms with Gasteiger partial charge in [0.05, 0.1) is 42.9 Å². The molecule has 2 atom stereocenters. The lowest BCUT2D eigenvalue weighted by Crippen LogP contribution is -2.49. The van der Waals surface area contributed by atoms with Crippen LogP contribution in [0.15, 0.2) is 0 Å². The number of esters is 1. The van der Waals surface area contributed by atoms with E-state index in [1.807, 2.05) is 20.8 Å². The van der Waals surface area contributed by atoms with Crippen LogP contribution in [-0.4, -0.2) is 74.9 Å². The molecule has 8 nitrogen and oxygen atoms in total. The van der Waals surface area contributed by atoms with Crippen molar-refractivity contribution in [1.29, 1.82) is 0 Å². The van der Waals surface area contributed by atoms with Gasteiger partial charge in [-0.3, -0.25) is 9.59 Å². The molecule has 0 saturated heterocycles. The first kappa shape index (κ1) is 29.0. The molecular weight excluding hydrogens is 384 g/mol. The molecule has 0 saturated carbocycles. The third-order valence-corrected chi connectivity index (χ3v) is 5.16. The highest BCUT2D eigenvalue weighted by Gasteiger charge is 2.25. The van der Waals surface area contributed by atoms with Crippen LogP contribution in [0.5, 0.6) is 0 Å². The molecule has 1 N–H and O–H groups in total. The Labute approximate surface area is 171 Å². The summed E-state index contributed by atoms with van der Waals surface area (Å²) >= 11 is 0. The highest BCUT2D eigenvalue weighted by atomic mass is 32.2. The van der Waals surface area contributed by atoms with Gasteiger partial charge in [-0.25, -0.2) is 8.42 Å². The monoisotopic (exact) mass is 424 g/mol. The Morgan fingerprint density at radius 3 is 1.89 bits per heavy atom. The average molecular weight is 425 g/mol. The summed E-state index contributed by atoms with van der Waals surface area (Å²) in [4.78, 5) is 22.7. The second-order valence-electron chi connectivity index (χ2n) is 8.88. The Bertz CT molecular complexity index is 582. The van der Waals surface area contributed by atoms with Gasteiger partial charge in [-0.2, -0.15) is 0 Å². The zero-order valence-corrected chi connectivity index (χ0v) is 19.8. The van der Waals surface area contributed by atoms with Gasteiger partial charge in [0.25, 0.3) is 0 Å². The summed E-state index contributed by atoms with van der Waals surface area (Å²) in [6.07, 6.45) is 1.52. The number of hydrogen-bond acceptors (Lipinski definition) is 6. The lowest BCUT2D eigenvalue weighted by molar-refractivity contribution is -0.870. The maximum absolute atomic E-state index is 11.5. The van der Waals surface area contributed by atoms with Crippen molar-refractivity contribution >= 4 is 22.0 Å². The molecule has 9 heteroatoms. The second-order valence-corrected chi connectivity index (χ2v) is 10.3.